The summed E-state index contributed by atoms with van der Waals surface area (Å²) >= 11 is 1.53. The lowest BCUT2D eigenvalue weighted by Gasteiger charge is -2.28. The minimum atomic E-state index is -0.519. The van der Waals surface area contributed by atoms with Crippen LogP contribution < -0.4 is 0 Å². The van der Waals surface area contributed by atoms with Crippen molar-refractivity contribution in [3.63, 3.8) is 0 Å². The summed E-state index contributed by atoms with van der Waals surface area (Å²) in [6.45, 7) is 1.41. The average Bonchev–Trinajstić information content (AvgIpc) is 2.98. The SMILES string of the molecule is CN(Cc1csc(CC(=O)N(C)C)n1)CC1(O)CCCC1. The van der Waals surface area contributed by atoms with Gasteiger partial charge in [0.2, 0.25) is 5.91 Å². The van der Waals surface area contributed by atoms with Crippen LogP contribution >= 0.6 is 11.3 Å². The summed E-state index contributed by atoms with van der Waals surface area (Å²) in [6.07, 6.45) is 4.41. The molecule has 1 aliphatic carbocycles. The quantitative estimate of drug-likeness (QED) is 0.865. The van der Waals surface area contributed by atoms with E-state index in [2.05, 4.69) is 9.88 Å². The summed E-state index contributed by atoms with van der Waals surface area (Å²) in [7, 11) is 5.53. The van der Waals surface area contributed by atoms with Crippen molar-refractivity contribution < 1.29 is 9.90 Å². The molecule has 1 fully saturated rings. The summed E-state index contributed by atoms with van der Waals surface area (Å²) in [6, 6.07) is 0. The summed E-state index contributed by atoms with van der Waals surface area (Å²) in [4.78, 5) is 19.9. The van der Waals surface area contributed by atoms with Crippen LogP contribution in [0.15, 0.2) is 5.38 Å². The van der Waals surface area contributed by atoms with E-state index < -0.39 is 5.60 Å². The highest BCUT2D eigenvalue weighted by Gasteiger charge is 2.32. The molecule has 1 amide bonds. The zero-order valence-electron chi connectivity index (χ0n) is 13.1. The number of thiazole rings is 1. The van der Waals surface area contributed by atoms with Gasteiger partial charge in [-0.2, -0.15) is 0 Å². The Bertz CT molecular complexity index is 481. The highest BCUT2D eigenvalue weighted by Crippen LogP contribution is 2.30. The molecule has 0 aliphatic heterocycles. The van der Waals surface area contributed by atoms with Gasteiger partial charge in [-0.15, -0.1) is 11.3 Å². The van der Waals surface area contributed by atoms with Crippen LogP contribution in [0.3, 0.4) is 0 Å². The molecule has 1 aromatic rings. The molecule has 0 unspecified atom stereocenters. The van der Waals surface area contributed by atoms with Gasteiger partial charge < -0.3 is 10.0 Å². The Balaban J connectivity index is 1.85. The molecule has 1 heterocycles. The van der Waals surface area contributed by atoms with Gasteiger partial charge in [0.05, 0.1) is 17.7 Å². The lowest BCUT2D eigenvalue weighted by atomic mass is 10.0. The summed E-state index contributed by atoms with van der Waals surface area (Å²) < 4.78 is 0. The van der Waals surface area contributed by atoms with Crippen molar-refractivity contribution in [1.82, 2.24) is 14.8 Å². The molecule has 2 rings (SSSR count). The first-order chi connectivity index (χ1) is 9.88. The maximum absolute atomic E-state index is 11.7. The fraction of sp³-hybridized carbons (Fsp3) is 0.733. The van der Waals surface area contributed by atoms with Crippen molar-refractivity contribution in [3.05, 3.63) is 16.1 Å². The second-order valence-corrected chi connectivity index (χ2v) is 7.24. The van der Waals surface area contributed by atoms with Gasteiger partial charge in [0.1, 0.15) is 5.01 Å². The molecule has 1 N–H and O–H groups in total. The molecule has 118 valence electrons. The van der Waals surface area contributed by atoms with Crippen LogP contribution in [0, 0.1) is 0 Å². The van der Waals surface area contributed by atoms with Crippen LogP contribution in [0.1, 0.15) is 36.4 Å². The lowest BCUT2D eigenvalue weighted by Crippen LogP contribution is -2.38. The maximum Gasteiger partial charge on any atom is 0.228 e. The van der Waals surface area contributed by atoms with Crippen LogP contribution in [0.25, 0.3) is 0 Å². The molecule has 1 aliphatic rings. The summed E-state index contributed by atoms with van der Waals surface area (Å²) in [5, 5.41) is 13.3. The molecular weight excluding hydrogens is 286 g/mol. The Morgan fingerprint density at radius 1 is 1.38 bits per heavy atom. The predicted molar refractivity (Wildman–Crippen MR) is 84.3 cm³/mol. The third-order valence-corrected chi connectivity index (χ3v) is 4.83. The number of carbonyl (C=O) groups is 1. The van der Waals surface area contributed by atoms with E-state index >= 15 is 0 Å². The number of aliphatic hydroxyl groups is 1. The predicted octanol–water partition coefficient (Wildman–Crippen LogP) is 1.51. The van der Waals surface area contributed by atoms with Crippen LogP contribution in [0.5, 0.6) is 0 Å². The smallest absolute Gasteiger partial charge is 0.228 e. The van der Waals surface area contributed by atoms with E-state index in [4.69, 9.17) is 0 Å². The third kappa shape index (κ3) is 4.76. The second-order valence-electron chi connectivity index (χ2n) is 6.30. The largest absolute Gasteiger partial charge is 0.389 e. The number of rotatable bonds is 6. The van der Waals surface area contributed by atoms with E-state index in [9.17, 15) is 9.90 Å². The first-order valence-electron chi connectivity index (χ1n) is 7.42. The Morgan fingerprint density at radius 3 is 2.67 bits per heavy atom. The van der Waals surface area contributed by atoms with Crippen LogP contribution in [0.2, 0.25) is 0 Å². The van der Waals surface area contributed by atoms with Crippen molar-refractivity contribution in [2.45, 2.75) is 44.2 Å². The molecule has 0 spiro atoms. The highest BCUT2D eigenvalue weighted by atomic mass is 32.1. The molecular formula is C15H25N3O2S. The Hall–Kier alpha value is -0.980. The fourth-order valence-corrected chi connectivity index (χ4v) is 3.59. The van der Waals surface area contributed by atoms with Gasteiger partial charge in [0.25, 0.3) is 0 Å². The number of likely N-dealkylation sites (N-methyl/N-ethyl adjacent to an activating group) is 2. The van der Waals surface area contributed by atoms with Crippen molar-refractivity contribution in [3.8, 4) is 0 Å². The Kier molecular flexibility index (Phi) is 5.35. The molecule has 0 aromatic carbocycles. The van der Waals surface area contributed by atoms with E-state index in [1.807, 2.05) is 12.4 Å². The van der Waals surface area contributed by atoms with Gasteiger partial charge in [0.15, 0.2) is 0 Å². The first-order valence-corrected chi connectivity index (χ1v) is 8.30. The van der Waals surface area contributed by atoms with Crippen molar-refractivity contribution in [2.75, 3.05) is 27.7 Å². The first kappa shape index (κ1) is 16.4. The van der Waals surface area contributed by atoms with Crippen molar-refractivity contribution >= 4 is 17.2 Å². The van der Waals surface area contributed by atoms with E-state index in [1.165, 1.54) is 11.3 Å². The molecule has 0 bridgehead atoms. The van der Waals surface area contributed by atoms with Crippen LogP contribution in [-0.4, -0.2) is 59.1 Å². The van der Waals surface area contributed by atoms with Gasteiger partial charge in [-0.1, -0.05) is 12.8 Å². The molecule has 0 radical (unpaired) electrons. The minimum Gasteiger partial charge on any atom is -0.389 e. The topological polar surface area (TPSA) is 56.7 Å². The number of carbonyl (C=O) groups excluding carboxylic acids is 1. The van der Waals surface area contributed by atoms with E-state index in [0.29, 0.717) is 13.0 Å². The van der Waals surface area contributed by atoms with E-state index in [-0.39, 0.29) is 5.91 Å². The average molecular weight is 311 g/mol. The lowest BCUT2D eigenvalue weighted by molar-refractivity contribution is -0.127. The highest BCUT2D eigenvalue weighted by molar-refractivity contribution is 7.09. The zero-order chi connectivity index (χ0) is 15.5. The monoisotopic (exact) mass is 311 g/mol. The fourth-order valence-electron chi connectivity index (χ4n) is 2.82. The van der Waals surface area contributed by atoms with Crippen LogP contribution in [0.4, 0.5) is 0 Å². The van der Waals surface area contributed by atoms with Crippen LogP contribution in [-0.2, 0) is 17.8 Å². The van der Waals surface area contributed by atoms with Gasteiger partial charge in [-0.3, -0.25) is 9.69 Å². The molecule has 0 atom stereocenters. The molecule has 5 nitrogen and oxygen atoms in total. The second kappa shape index (κ2) is 6.85. The van der Waals surface area contributed by atoms with Crippen molar-refractivity contribution in [2.24, 2.45) is 0 Å². The summed E-state index contributed by atoms with van der Waals surface area (Å²) in [5.74, 6) is 0.0736. The number of hydrogen-bond acceptors (Lipinski definition) is 5. The normalized spacial score (nSPS) is 17.4. The van der Waals surface area contributed by atoms with E-state index in [1.54, 1.807) is 19.0 Å². The van der Waals surface area contributed by atoms with Gasteiger partial charge >= 0.3 is 0 Å². The van der Waals surface area contributed by atoms with Gasteiger partial charge in [0, 0.05) is 32.6 Å². The molecule has 21 heavy (non-hydrogen) atoms. The van der Waals surface area contributed by atoms with Gasteiger partial charge in [-0.05, 0) is 19.9 Å². The Labute approximate surface area is 130 Å². The standard InChI is InChI=1S/C15H25N3O2S/c1-17(2)14(19)8-13-16-12(10-21-13)9-18(3)11-15(20)6-4-5-7-15/h10,20H,4-9,11H2,1-3H3. The van der Waals surface area contributed by atoms with Gasteiger partial charge in [-0.25, -0.2) is 4.98 Å². The number of hydrogen-bond donors (Lipinski definition) is 1. The molecule has 0 saturated heterocycles. The third-order valence-electron chi connectivity index (χ3n) is 3.93. The maximum atomic E-state index is 11.7. The Morgan fingerprint density at radius 2 is 2.05 bits per heavy atom. The summed E-state index contributed by atoms with van der Waals surface area (Å²) in [5.41, 5.74) is 0.458. The number of aromatic nitrogens is 1. The number of amides is 1. The number of nitrogens with zero attached hydrogens (tertiary/aromatic N) is 3. The van der Waals surface area contributed by atoms with Crippen molar-refractivity contribution in [1.29, 1.82) is 0 Å². The molecule has 1 aromatic heterocycles. The zero-order valence-corrected chi connectivity index (χ0v) is 13.9. The molecule has 1 saturated carbocycles. The molecule has 6 heteroatoms. The minimum absolute atomic E-state index is 0.0736. The van der Waals surface area contributed by atoms with E-state index in [0.717, 1.165) is 42.9 Å².